The molecule has 2 N–H and O–H groups in total. The van der Waals surface area contributed by atoms with Gasteiger partial charge in [0.05, 0.1) is 7.11 Å². The first-order valence-electron chi connectivity index (χ1n) is 14.6. The second-order valence-electron chi connectivity index (χ2n) is 10.9. The predicted molar refractivity (Wildman–Crippen MR) is 156 cm³/mol. The van der Waals surface area contributed by atoms with Crippen LogP contribution in [0.3, 0.4) is 0 Å². The summed E-state index contributed by atoms with van der Waals surface area (Å²) in [7, 11) is 1.45. The Labute approximate surface area is 240 Å². The van der Waals surface area contributed by atoms with Gasteiger partial charge >= 0.3 is 0 Å². The fourth-order valence-electron chi connectivity index (χ4n) is 6.00. The van der Waals surface area contributed by atoms with Gasteiger partial charge in [-0.15, -0.1) is 0 Å². The van der Waals surface area contributed by atoms with E-state index >= 15 is 0 Å². The number of likely N-dealkylation sites (N-methyl/N-ethyl adjacent to an activating group) is 1. The minimum absolute atomic E-state index is 0.190. The molecule has 0 bridgehead atoms. The van der Waals surface area contributed by atoms with Gasteiger partial charge in [0.15, 0.2) is 23.1 Å². The van der Waals surface area contributed by atoms with Crippen molar-refractivity contribution >= 4 is 23.5 Å². The lowest BCUT2D eigenvalue weighted by atomic mass is 9.90. The zero-order valence-electron chi connectivity index (χ0n) is 23.7. The summed E-state index contributed by atoms with van der Waals surface area (Å²) in [6.45, 7) is 7.12. The lowest BCUT2D eigenvalue weighted by Gasteiger charge is -2.32. The second-order valence-corrected chi connectivity index (χ2v) is 10.9. The van der Waals surface area contributed by atoms with E-state index in [1.807, 2.05) is 6.07 Å². The number of methoxy groups -OCH3 is 1. The highest BCUT2D eigenvalue weighted by Crippen LogP contribution is 2.34. The molecule has 1 atom stereocenters. The summed E-state index contributed by atoms with van der Waals surface area (Å²) < 4.78 is 30.4. The van der Waals surface area contributed by atoms with Crippen LogP contribution in [0.4, 0.5) is 27.9 Å². The van der Waals surface area contributed by atoms with Crippen LogP contribution in [0.25, 0.3) is 0 Å². The molecule has 0 radical (unpaired) electrons. The van der Waals surface area contributed by atoms with Gasteiger partial charge in [-0.05, 0) is 80.9 Å². The molecule has 0 saturated carbocycles. The van der Waals surface area contributed by atoms with Gasteiger partial charge in [0.2, 0.25) is 24.6 Å². The number of ether oxygens (including phenoxy) is 3. The fraction of sp³-hybridized carbons (Fsp3) is 0.500. The van der Waals surface area contributed by atoms with Crippen molar-refractivity contribution in [2.24, 2.45) is 5.92 Å². The molecule has 3 aromatic rings. The van der Waals surface area contributed by atoms with Gasteiger partial charge in [0.1, 0.15) is 0 Å². The van der Waals surface area contributed by atoms with Crippen molar-refractivity contribution in [3.8, 4) is 17.2 Å². The molecule has 6 rings (SSSR count). The number of likely N-dealkylation sites (tertiary alicyclic amines) is 1. The second kappa shape index (κ2) is 12.3. The molecule has 2 aromatic carbocycles. The Morgan fingerprint density at radius 2 is 1.80 bits per heavy atom. The number of halogens is 1. The summed E-state index contributed by atoms with van der Waals surface area (Å²) in [6.07, 6.45) is 5.43. The highest BCUT2D eigenvalue weighted by atomic mass is 19.1. The van der Waals surface area contributed by atoms with Crippen molar-refractivity contribution in [3.63, 3.8) is 0 Å². The molecule has 41 heavy (non-hydrogen) atoms. The van der Waals surface area contributed by atoms with Crippen molar-refractivity contribution in [2.75, 3.05) is 62.2 Å². The largest absolute Gasteiger partial charge is 0.494 e. The number of nitrogens with zero attached hydrogens (tertiary/aromatic N) is 5. The zero-order valence-corrected chi connectivity index (χ0v) is 23.7. The molecule has 3 aliphatic heterocycles. The number of piperidine rings is 1. The Kier molecular flexibility index (Phi) is 8.22. The Morgan fingerprint density at radius 3 is 2.61 bits per heavy atom. The Balaban J connectivity index is 1.15. The first-order chi connectivity index (χ1) is 20.1. The van der Waals surface area contributed by atoms with Gasteiger partial charge in [-0.3, -0.25) is 4.90 Å². The summed E-state index contributed by atoms with van der Waals surface area (Å²) in [5, 5.41) is 6.63. The van der Waals surface area contributed by atoms with Crippen molar-refractivity contribution < 1.29 is 18.6 Å². The summed E-state index contributed by atoms with van der Waals surface area (Å²) in [5.74, 6) is 3.49. The van der Waals surface area contributed by atoms with Gasteiger partial charge in [-0.1, -0.05) is 13.0 Å². The number of hydrogen-bond acceptors (Lipinski definition) is 10. The summed E-state index contributed by atoms with van der Waals surface area (Å²) in [6, 6.07) is 11.4. The number of nitrogens with one attached hydrogen (secondary N) is 2. The van der Waals surface area contributed by atoms with Crippen molar-refractivity contribution in [3.05, 3.63) is 47.8 Å². The monoisotopic (exact) mass is 563 g/mol. The third-order valence-corrected chi connectivity index (χ3v) is 8.29. The van der Waals surface area contributed by atoms with E-state index in [1.165, 1.54) is 25.2 Å². The van der Waals surface area contributed by atoms with Crippen LogP contribution in [0.2, 0.25) is 0 Å². The van der Waals surface area contributed by atoms with Crippen LogP contribution in [0.15, 0.2) is 36.4 Å². The Bertz CT molecular complexity index is 1350. The van der Waals surface area contributed by atoms with Crippen LogP contribution >= 0.6 is 0 Å². The summed E-state index contributed by atoms with van der Waals surface area (Å²) in [5.41, 5.74) is 1.81. The lowest BCUT2D eigenvalue weighted by Crippen LogP contribution is -2.36. The van der Waals surface area contributed by atoms with E-state index in [0.29, 0.717) is 42.3 Å². The maximum atomic E-state index is 14.4. The molecule has 3 aliphatic rings. The van der Waals surface area contributed by atoms with Crippen molar-refractivity contribution in [2.45, 2.75) is 45.1 Å². The first-order valence-corrected chi connectivity index (χ1v) is 14.6. The molecule has 0 aliphatic carbocycles. The number of aromatic nitrogens is 3. The Hall–Kier alpha value is -3.86. The first kappa shape index (κ1) is 27.3. The summed E-state index contributed by atoms with van der Waals surface area (Å²) >= 11 is 0. The molecule has 0 spiro atoms. The molecular weight excluding hydrogens is 525 g/mol. The third kappa shape index (κ3) is 6.40. The highest BCUT2D eigenvalue weighted by Gasteiger charge is 2.25. The molecule has 1 unspecified atom stereocenters. The number of benzene rings is 2. The lowest BCUT2D eigenvalue weighted by molar-refractivity contribution is 0.174. The minimum atomic E-state index is -0.449. The van der Waals surface area contributed by atoms with E-state index in [2.05, 4.69) is 44.5 Å². The van der Waals surface area contributed by atoms with Crippen LogP contribution in [-0.2, 0) is 6.42 Å². The zero-order chi connectivity index (χ0) is 28.2. The fourth-order valence-corrected chi connectivity index (χ4v) is 6.00. The molecule has 2 fully saturated rings. The van der Waals surface area contributed by atoms with Gasteiger partial charge in [0, 0.05) is 37.4 Å². The Morgan fingerprint density at radius 1 is 0.976 bits per heavy atom. The molecule has 1 aromatic heterocycles. The SMILES string of the molecule is CCN1CCCC1CNc1nc(Nc2ccc(OC)c(F)c2)nc(N2CCC(Cc3ccc4c(c3)OCO4)CC2)n1. The topological polar surface area (TPSA) is 96.9 Å². The van der Waals surface area contributed by atoms with E-state index in [4.69, 9.17) is 24.2 Å². The standard InChI is InChI=1S/C30H38FN7O3/c1-3-37-12-4-5-23(37)18-32-28-34-29(33-22-7-9-25(39-2)24(31)17-22)36-30(35-28)38-13-10-20(11-14-38)15-21-6-8-26-27(16-21)41-19-40-26/h6-9,16-17,20,23H,3-5,10-15,18-19H2,1-2H3,(H2,32,33,34,35,36). The maximum Gasteiger partial charge on any atom is 0.233 e. The number of rotatable bonds is 10. The molecule has 218 valence electrons. The van der Waals surface area contributed by atoms with Crippen LogP contribution in [0.1, 0.15) is 38.2 Å². The van der Waals surface area contributed by atoms with Gasteiger partial charge in [-0.2, -0.15) is 15.0 Å². The van der Waals surface area contributed by atoms with Crippen LogP contribution in [-0.4, -0.2) is 72.5 Å². The van der Waals surface area contributed by atoms with Crippen LogP contribution < -0.4 is 29.7 Å². The maximum absolute atomic E-state index is 14.4. The highest BCUT2D eigenvalue weighted by molar-refractivity contribution is 5.57. The molecule has 2 saturated heterocycles. The van der Waals surface area contributed by atoms with E-state index in [1.54, 1.807) is 12.1 Å². The number of hydrogen-bond donors (Lipinski definition) is 2. The van der Waals surface area contributed by atoms with E-state index in [9.17, 15) is 4.39 Å². The average molecular weight is 564 g/mol. The third-order valence-electron chi connectivity index (χ3n) is 8.29. The smallest absolute Gasteiger partial charge is 0.233 e. The molecule has 4 heterocycles. The van der Waals surface area contributed by atoms with E-state index in [-0.39, 0.29) is 5.75 Å². The van der Waals surface area contributed by atoms with Gasteiger partial charge < -0.3 is 29.7 Å². The van der Waals surface area contributed by atoms with E-state index in [0.717, 1.165) is 69.9 Å². The number of fused-ring (bicyclic) bond motifs is 1. The minimum Gasteiger partial charge on any atom is -0.494 e. The summed E-state index contributed by atoms with van der Waals surface area (Å²) in [4.78, 5) is 18.9. The van der Waals surface area contributed by atoms with Crippen LogP contribution in [0.5, 0.6) is 17.2 Å². The van der Waals surface area contributed by atoms with Gasteiger partial charge in [-0.25, -0.2) is 4.39 Å². The molecular formula is C30H38FN7O3. The quantitative estimate of drug-likeness (QED) is 0.356. The van der Waals surface area contributed by atoms with Crippen molar-refractivity contribution in [1.29, 1.82) is 0 Å². The van der Waals surface area contributed by atoms with Crippen LogP contribution in [0, 0.1) is 11.7 Å². The molecule has 11 heteroatoms. The molecule has 10 nitrogen and oxygen atoms in total. The average Bonchev–Trinajstić information content (AvgIpc) is 3.65. The number of anilines is 4. The predicted octanol–water partition coefficient (Wildman–Crippen LogP) is 4.85. The van der Waals surface area contributed by atoms with Crippen molar-refractivity contribution in [1.82, 2.24) is 19.9 Å². The molecule has 0 amide bonds. The van der Waals surface area contributed by atoms with Gasteiger partial charge in [0.25, 0.3) is 0 Å². The normalized spacial score (nSPS) is 19.0. The van der Waals surface area contributed by atoms with E-state index < -0.39 is 5.82 Å².